The van der Waals surface area contributed by atoms with Gasteiger partial charge in [0.05, 0.1) is 5.69 Å². The van der Waals surface area contributed by atoms with Gasteiger partial charge < -0.3 is 10.4 Å². The van der Waals surface area contributed by atoms with E-state index in [1.807, 2.05) is 5.38 Å². The molecule has 0 spiro atoms. The van der Waals surface area contributed by atoms with Gasteiger partial charge in [-0.1, -0.05) is 32.1 Å². The van der Waals surface area contributed by atoms with E-state index in [-0.39, 0.29) is 5.01 Å². The Kier molecular flexibility index (Phi) is 5.13. The average Bonchev–Trinajstić information content (AvgIpc) is 2.76. The second-order valence-corrected chi connectivity index (χ2v) is 5.73. The fourth-order valence-corrected chi connectivity index (χ4v) is 3.05. The summed E-state index contributed by atoms with van der Waals surface area (Å²) in [7, 11) is 0. The molecule has 100 valence electrons. The third kappa shape index (κ3) is 4.07. The Bertz CT molecular complexity index is 384. The Hall–Kier alpha value is -0.940. The highest BCUT2D eigenvalue weighted by Crippen LogP contribution is 2.17. The normalized spacial score (nSPS) is 18.2. The van der Waals surface area contributed by atoms with Crippen molar-refractivity contribution in [2.24, 2.45) is 0 Å². The molecule has 0 bridgehead atoms. The number of hydrogen-bond acceptors (Lipinski definition) is 4. The minimum absolute atomic E-state index is 0.185. The lowest BCUT2D eigenvalue weighted by Gasteiger charge is -2.20. The Morgan fingerprint density at radius 2 is 2.00 bits per heavy atom. The summed E-state index contributed by atoms with van der Waals surface area (Å²) in [6.45, 7) is 0.689. The predicted molar refractivity (Wildman–Crippen MR) is 72.0 cm³/mol. The van der Waals surface area contributed by atoms with Crippen LogP contribution >= 0.6 is 11.3 Å². The quantitative estimate of drug-likeness (QED) is 0.881. The third-order valence-electron chi connectivity index (χ3n) is 3.41. The van der Waals surface area contributed by atoms with E-state index in [9.17, 15) is 4.79 Å². The van der Waals surface area contributed by atoms with Crippen LogP contribution in [0.5, 0.6) is 0 Å². The van der Waals surface area contributed by atoms with Gasteiger partial charge in [-0.15, -0.1) is 11.3 Å². The van der Waals surface area contributed by atoms with Crippen molar-refractivity contribution in [1.82, 2.24) is 10.3 Å². The number of carbonyl (C=O) groups is 1. The van der Waals surface area contributed by atoms with E-state index in [4.69, 9.17) is 5.11 Å². The van der Waals surface area contributed by atoms with Crippen molar-refractivity contribution in [2.45, 2.75) is 57.5 Å². The Morgan fingerprint density at radius 3 is 2.61 bits per heavy atom. The first kappa shape index (κ1) is 13.5. The Labute approximate surface area is 111 Å². The van der Waals surface area contributed by atoms with Crippen LogP contribution in [0.2, 0.25) is 0 Å². The fourth-order valence-electron chi connectivity index (χ4n) is 2.40. The minimum Gasteiger partial charge on any atom is -0.476 e. The van der Waals surface area contributed by atoms with Gasteiger partial charge in [0.15, 0.2) is 0 Å². The van der Waals surface area contributed by atoms with Crippen LogP contribution in [0.1, 0.15) is 60.4 Å². The van der Waals surface area contributed by atoms with Gasteiger partial charge in [-0.25, -0.2) is 9.78 Å². The molecule has 4 nitrogen and oxygen atoms in total. The number of hydrogen-bond donors (Lipinski definition) is 2. The van der Waals surface area contributed by atoms with Crippen LogP contribution in [0.25, 0.3) is 0 Å². The molecule has 1 fully saturated rings. The Morgan fingerprint density at radius 1 is 1.33 bits per heavy atom. The molecule has 18 heavy (non-hydrogen) atoms. The maximum absolute atomic E-state index is 10.7. The van der Waals surface area contributed by atoms with Crippen molar-refractivity contribution >= 4 is 17.3 Å². The number of nitrogens with zero attached hydrogens (tertiary/aromatic N) is 1. The van der Waals surface area contributed by atoms with Gasteiger partial charge in [-0.2, -0.15) is 0 Å². The first-order chi connectivity index (χ1) is 8.75. The van der Waals surface area contributed by atoms with Crippen molar-refractivity contribution in [1.29, 1.82) is 0 Å². The number of thiazole rings is 1. The van der Waals surface area contributed by atoms with E-state index in [2.05, 4.69) is 10.3 Å². The molecule has 0 amide bonds. The minimum atomic E-state index is -0.933. The summed E-state index contributed by atoms with van der Waals surface area (Å²) in [5, 5.41) is 14.3. The van der Waals surface area contributed by atoms with E-state index >= 15 is 0 Å². The van der Waals surface area contributed by atoms with Crippen LogP contribution in [-0.2, 0) is 6.54 Å². The van der Waals surface area contributed by atoms with Gasteiger partial charge in [0, 0.05) is 18.0 Å². The van der Waals surface area contributed by atoms with Gasteiger partial charge in [0.25, 0.3) is 0 Å². The number of carboxylic acids is 1. The zero-order chi connectivity index (χ0) is 12.8. The van der Waals surface area contributed by atoms with Crippen LogP contribution in [0.3, 0.4) is 0 Å². The van der Waals surface area contributed by atoms with Gasteiger partial charge in [0.1, 0.15) is 0 Å². The zero-order valence-electron chi connectivity index (χ0n) is 10.5. The van der Waals surface area contributed by atoms with Gasteiger partial charge in [-0.05, 0) is 12.8 Å². The number of carboxylic acid groups (broad SMARTS) is 1. The molecule has 0 aliphatic heterocycles. The van der Waals surface area contributed by atoms with Crippen molar-refractivity contribution in [3.63, 3.8) is 0 Å². The predicted octanol–water partition coefficient (Wildman–Crippen LogP) is 3.04. The molecule has 0 radical (unpaired) electrons. The highest BCUT2D eigenvalue weighted by molar-refractivity contribution is 7.11. The summed E-state index contributed by atoms with van der Waals surface area (Å²) in [6, 6.07) is 0.570. The lowest BCUT2D eigenvalue weighted by Crippen LogP contribution is -2.29. The van der Waals surface area contributed by atoms with E-state index in [0.717, 1.165) is 5.69 Å². The smallest absolute Gasteiger partial charge is 0.365 e. The second kappa shape index (κ2) is 6.85. The SMILES string of the molecule is O=C(O)c1nc(CNC2CCCCCCC2)cs1. The molecule has 0 aromatic carbocycles. The lowest BCUT2D eigenvalue weighted by atomic mass is 9.97. The monoisotopic (exact) mass is 268 g/mol. The van der Waals surface area contributed by atoms with E-state index in [0.29, 0.717) is 12.6 Å². The summed E-state index contributed by atoms with van der Waals surface area (Å²) < 4.78 is 0. The van der Waals surface area contributed by atoms with Gasteiger partial charge >= 0.3 is 5.97 Å². The topological polar surface area (TPSA) is 62.2 Å². The third-order valence-corrected chi connectivity index (χ3v) is 4.29. The number of aromatic nitrogens is 1. The number of aromatic carboxylic acids is 1. The standard InChI is InChI=1S/C13H20N2O2S/c16-13(17)12-15-11(9-18-12)8-14-10-6-4-2-1-3-5-7-10/h9-10,14H,1-8H2,(H,16,17). The van der Waals surface area contributed by atoms with Gasteiger partial charge in [-0.3, -0.25) is 0 Å². The number of nitrogens with one attached hydrogen (secondary N) is 1. The highest BCUT2D eigenvalue weighted by atomic mass is 32.1. The zero-order valence-corrected chi connectivity index (χ0v) is 11.3. The molecule has 2 N–H and O–H groups in total. The lowest BCUT2D eigenvalue weighted by molar-refractivity contribution is 0.0696. The summed E-state index contributed by atoms with van der Waals surface area (Å²) in [6.07, 6.45) is 9.13. The maximum Gasteiger partial charge on any atom is 0.365 e. The maximum atomic E-state index is 10.7. The largest absolute Gasteiger partial charge is 0.476 e. The van der Waals surface area contributed by atoms with Crippen molar-refractivity contribution in [3.8, 4) is 0 Å². The molecule has 0 unspecified atom stereocenters. The number of rotatable bonds is 4. The first-order valence-electron chi connectivity index (χ1n) is 6.67. The molecular weight excluding hydrogens is 248 g/mol. The van der Waals surface area contributed by atoms with Crippen LogP contribution in [0.4, 0.5) is 0 Å². The molecule has 0 saturated heterocycles. The van der Waals surface area contributed by atoms with Crippen LogP contribution in [0.15, 0.2) is 5.38 Å². The van der Waals surface area contributed by atoms with Gasteiger partial charge in [0.2, 0.25) is 5.01 Å². The fraction of sp³-hybridized carbons (Fsp3) is 0.692. The summed E-state index contributed by atoms with van der Waals surface area (Å²) in [5.41, 5.74) is 0.847. The molecule has 0 atom stereocenters. The molecule has 1 aromatic heterocycles. The van der Waals surface area contributed by atoms with Crippen molar-refractivity contribution < 1.29 is 9.90 Å². The Balaban J connectivity index is 1.80. The molecule has 2 rings (SSSR count). The van der Waals surface area contributed by atoms with Crippen LogP contribution < -0.4 is 5.32 Å². The molecule has 1 aromatic rings. The summed E-state index contributed by atoms with van der Waals surface area (Å²) in [4.78, 5) is 14.8. The average molecular weight is 268 g/mol. The molecular formula is C13H20N2O2S. The molecule has 5 heteroatoms. The van der Waals surface area contributed by atoms with Crippen molar-refractivity contribution in [2.75, 3.05) is 0 Å². The van der Waals surface area contributed by atoms with E-state index < -0.39 is 5.97 Å². The highest BCUT2D eigenvalue weighted by Gasteiger charge is 2.13. The van der Waals surface area contributed by atoms with Crippen LogP contribution in [0, 0.1) is 0 Å². The summed E-state index contributed by atoms with van der Waals surface area (Å²) >= 11 is 1.20. The van der Waals surface area contributed by atoms with E-state index in [1.165, 1.54) is 56.3 Å². The molecule has 1 saturated carbocycles. The molecule has 1 heterocycles. The van der Waals surface area contributed by atoms with Crippen LogP contribution in [-0.4, -0.2) is 22.1 Å². The summed E-state index contributed by atoms with van der Waals surface area (Å²) in [5.74, 6) is -0.933. The van der Waals surface area contributed by atoms with E-state index in [1.54, 1.807) is 0 Å². The van der Waals surface area contributed by atoms with Crippen molar-refractivity contribution in [3.05, 3.63) is 16.1 Å². The molecule has 1 aliphatic rings. The second-order valence-electron chi connectivity index (χ2n) is 4.87. The first-order valence-corrected chi connectivity index (χ1v) is 7.55. The molecule has 1 aliphatic carbocycles.